The van der Waals surface area contributed by atoms with Gasteiger partial charge in [-0.1, -0.05) is 0 Å². The maximum Gasteiger partial charge on any atom is 0.213 e. The van der Waals surface area contributed by atoms with Gasteiger partial charge >= 0.3 is 0 Å². The van der Waals surface area contributed by atoms with Crippen LogP contribution >= 0.6 is 15.9 Å². The third-order valence-electron chi connectivity index (χ3n) is 1.53. The number of rotatable bonds is 3. The van der Waals surface area contributed by atoms with Crippen molar-refractivity contribution in [3.63, 3.8) is 0 Å². The highest BCUT2D eigenvalue weighted by Gasteiger charge is 2.09. The van der Waals surface area contributed by atoms with Crippen molar-refractivity contribution in [3.8, 4) is 5.88 Å². The van der Waals surface area contributed by atoms with Crippen molar-refractivity contribution in [2.45, 2.75) is 0 Å². The van der Waals surface area contributed by atoms with E-state index in [1.54, 1.807) is 6.07 Å². The van der Waals surface area contributed by atoms with Crippen LogP contribution < -0.4 is 10.5 Å². The molecule has 2 N–H and O–H groups in total. The Bertz CT molecular complexity index is 328. The van der Waals surface area contributed by atoms with Gasteiger partial charge in [0.25, 0.3) is 0 Å². The molecule has 0 aliphatic rings. The molecule has 0 bridgehead atoms. The molecule has 0 aromatic carbocycles. The Morgan fingerprint density at radius 3 is 3.00 bits per heavy atom. The summed E-state index contributed by atoms with van der Waals surface area (Å²) < 4.78 is 5.51. The van der Waals surface area contributed by atoms with Gasteiger partial charge in [-0.2, -0.15) is 0 Å². The summed E-state index contributed by atoms with van der Waals surface area (Å²) in [4.78, 5) is 15.2. The number of aromatic nitrogens is 1. The van der Waals surface area contributed by atoms with Gasteiger partial charge in [0.2, 0.25) is 5.88 Å². The maximum absolute atomic E-state index is 11.3. The molecule has 0 aliphatic carbocycles. The van der Waals surface area contributed by atoms with Gasteiger partial charge in [-0.3, -0.25) is 4.79 Å². The van der Waals surface area contributed by atoms with E-state index in [9.17, 15) is 4.79 Å². The Labute approximate surface area is 84.2 Å². The van der Waals surface area contributed by atoms with E-state index < -0.39 is 0 Å². The first kappa shape index (κ1) is 10.1. The van der Waals surface area contributed by atoms with Crippen molar-refractivity contribution in [3.05, 3.63) is 22.3 Å². The zero-order chi connectivity index (χ0) is 9.84. The number of nitrogens with two attached hydrogens (primary N) is 1. The molecule has 13 heavy (non-hydrogen) atoms. The van der Waals surface area contributed by atoms with Gasteiger partial charge in [0.15, 0.2) is 5.78 Å². The van der Waals surface area contributed by atoms with Crippen molar-refractivity contribution in [1.29, 1.82) is 0 Å². The summed E-state index contributed by atoms with van der Waals surface area (Å²) in [6.45, 7) is -0.0221. The van der Waals surface area contributed by atoms with Crippen molar-refractivity contribution < 1.29 is 9.53 Å². The highest BCUT2D eigenvalue weighted by Crippen LogP contribution is 2.19. The van der Waals surface area contributed by atoms with Crippen LogP contribution in [0.15, 0.2) is 16.7 Å². The lowest BCUT2D eigenvalue weighted by molar-refractivity contribution is 0.1000. The normalized spacial score (nSPS) is 9.77. The molecule has 0 unspecified atom stereocenters. The zero-order valence-corrected chi connectivity index (χ0v) is 8.67. The van der Waals surface area contributed by atoms with E-state index in [4.69, 9.17) is 10.5 Å². The molecule has 1 rings (SSSR count). The van der Waals surface area contributed by atoms with Gasteiger partial charge in [-0.25, -0.2) is 4.98 Å². The maximum atomic E-state index is 11.3. The standard InChI is InChI=1S/C8H9BrN2O2/c1-13-8-2-5(7(12)3-10)6(9)4-11-8/h2,4H,3,10H2,1H3. The second-order valence-electron chi connectivity index (χ2n) is 2.33. The number of hydrogen-bond donors (Lipinski definition) is 1. The van der Waals surface area contributed by atoms with Crippen LogP contribution in [0.1, 0.15) is 10.4 Å². The van der Waals surface area contributed by atoms with Crippen molar-refractivity contribution in [2.75, 3.05) is 13.7 Å². The molecule has 1 heterocycles. The third-order valence-corrected chi connectivity index (χ3v) is 2.16. The van der Waals surface area contributed by atoms with Crippen LogP contribution in [-0.2, 0) is 0 Å². The minimum Gasteiger partial charge on any atom is -0.481 e. The lowest BCUT2D eigenvalue weighted by Gasteiger charge is -2.03. The molecule has 0 spiro atoms. The highest BCUT2D eigenvalue weighted by molar-refractivity contribution is 9.10. The predicted molar refractivity (Wildman–Crippen MR) is 51.9 cm³/mol. The lowest BCUT2D eigenvalue weighted by atomic mass is 10.2. The molecule has 0 amide bonds. The molecule has 4 nitrogen and oxygen atoms in total. The lowest BCUT2D eigenvalue weighted by Crippen LogP contribution is -2.14. The first-order chi connectivity index (χ1) is 6.19. The molecule has 1 aromatic heterocycles. The van der Waals surface area contributed by atoms with Gasteiger partial charge in [-0.05, 0) is 15.9 Å². The summed E-state index contributed by atoms with van der Waals surface area (Å²) in [5.74, 6) is 0.257. The molecule has 70 valence electrons. The summed E-state index contributed by atoms with van der Waals surface area (Å²) in [5.41, 5.74) is 5.73. The zero-order valence-electron chi connectivity index (χ0n) is 7.08. The molecule has 1 aromatic rings. The first-order valence-corrected chi connectivity index (χ1v) is 4.41. The molecular formula is C8H9BrN2O2. The smallest absolute Gasteiger partial charge is 0.213 e. The molecule has 0 fully saturated rings. The number of Topliss-reactive ketones (excluding diaryl/α,β-unsaturated/α-hetero) is 1. The van der Waals surface area contributed by atoms with Crippen LogP contribution in [0.3, 0.4) is 0 Å². The second kappa shape index (κ2) is 4.34. The van der Waals surface area contributed by atoms with E-state index in [0.29, 0.717) is 15.9 Å². The Morgan fingerprint density at radius 2 is 2.46 bits per heavy atom. The summed E-state index contributed by atoms with van der Waals surface area (Å²) in [6, 6.07) is 1.55. The number of pyridine rings is 1. The molecule has 0 radical (unpaired) electrons. The molecule has 5 heteroatoms. The van der Waals surface area contributed by atoms with E-state index in [1.165, 1.54) is 13.3 Å². The average molecular weight is 245 g/mol. The number of ketones is 1. The summed E-state index contributed by atoms with van der Waals surface area (Å²) >= 11 is 3.21. The van der Waals surface area contributed by atoms with Gasteiger partial charge in [0, 0.05) is 22.3 Å². The number of methoxy groups -OCH3 is 1. The van der Waals surface area contributed by atoms with Gasteiger partial charge < -0.3 is 10.5 Å². The number of carbonyl (C=O) groups is 1. The molecular weight excluding hydrogens is 236 g/mol. The van der Waals surface area contributed by atoms with E-state index >= 15 is 0 Å². The fourth-order valence-corrected chi connectivity index (χ4v) is 1.29. The van der Waals surface area contributed by atoms with Gasteiger partial charge in [0.05, 0.1) is 13.7 Å². The summed E-state index contributed by atoms with van der Waals surface area (Å²) in [5, 5.41) is 0. The average Bonchev–Trinajstić information content (AvgIpc) is 2.17. The predicted octanol–water partition coefficient (Wildman–Crippen LogP) is 0.994. The molecule has 0 aliphatic heterocycles. The number of hydrogen-bond acceptors (Lipinski definition) is 4. The quantitative estimate of drug-likeness (QED) is 0.806. The Balaban J connectivity index is 3.11. The minimum atomic E-state index is -0.146. The monoisotopic (exact) mass is 244 g/mol. The fourth-order valence-electron chi connectivity index (χ4n) is 0.855. The van der Waals surface area contributed by atoms with Crippen LogP contribution in [0, 0.1) is 0 Å². The number of halogens is 1. The van der Waals surface area contributed by atoms with Crippen molar-refractivity contribution in [2.24, 2.45) is 5.73 Å². The van der Waals surface area contributed by atoms with Gasteiger partial charge in [0.1, 0.15) is 0 Å². The van der Waals surface area contributed by atoms with Crippen LogP contribution in [0.2, 0.25) is 0 Å². The summed E-state index contributed by atoms with van der Waals surface area (Å²) in [7, 11) is 1.49. The topological polar surface area (TPSA) is 65.2 Å². The fraction of sp³-hybridized carbons (Fsp3) is 0.250. The molecule has 0 saturated carbocycles. The van der Waals surface area contributed by atoms with E-state index in [-0.39, 0.29) is 12.3 Å². The van der Waals surface area contributed by atoms with E-state index in [2.05, 4.69) is 20.9 Å². The highest BCUT2D eigenvalue weighted by atomic mass is 79.9. The number of ether oxygens (including phenoxy) is 1. The van der Waals surface area contributed by atoms with Crippen molar-refractivity contribution >= 4 is 21.7 Å². The number of nitrogens with zero attached hydrogens (tertiary/aromatic N) is 1. The Kier molecular flexibility index (Phi) is 3.39. The first-order valence-electron chi connectivity index (χ1n) is 3.62. The van der Waals surface area contributed by atoms with E-state index in [0.717, 1.165) is 0 Å². The van der Waals surface area contributed by atoms with Gasteiger partial charge in [-0.15, -0.1) is 0 Å². The SMILES string of the molecule is COc1cc(C(=O)CN)c(Br)cn1. The second-order valence-corrected chi connectivity index (χ2v) is 3.19. The van der Waals surface area contributed by atoms with Crippen LogP contribution in [0.25, 0.3) is 0 Å². The molecule has 0 saturated heterocycles. The molecule has 0 atom stereocenters. The van der Waals surface area contributed by atoms with E-state index in [1.807, 2.05) is 0 Å². The minimum absolute atomic E-state index is 0.0221. The van der Waals surface area contributed by atoms with Crippen LogP contribution in [0.5, 0.6) is 5.88 Å². The summed E-state index contributed by atoms with van der Waals surface area (Å²) in [6.07, 6.45) is 1.52. The number of carbonyl (C=O) groups excluding carboxylic acids is 1. The largest absolute Gasteiger partial charge is 0.481 e. The Morgan fingerprint density at radius 1 is 1.77 bits per heavy atom. The van der Waals surface area contributed by atoms with Crippen molar-refractivity contribution in [1.82, 2.24) is 4.98 Å². The third kappa shape index (κ3) is 2.26. The van der Waals surface area contributed by atoms with Crippen LogP contribution in [-0.4, -0.2) is 24.4 Å². The van der Waals surface area contributed by atoms with Crippen LogP contribution in [0.4, 0.5) is 0 Å². The Hall–Kier alpha value is -0.940.